The molecule has 1 atom stereocenters. The van der Waals surface area contributed by atoms with Gasteiger partial charge in [0.1, 0.15) is 6.61 Å². The molecule has 0 aromatic heterocycles. The van der Waals surface area contributed by atoms with E-state index in [1.807, 2.05) is 0 Å². The first kappa shape index (κ1) is 17.3. The van der Waals surface area contributed by atoms with Crippen LogP contribution < -0.4 is 0 Å². The average Bonchev–Trinajstić information content (AvgIpc) is 2.34. The molecule has 19 heavy (non-hydrogen) atoms. The summed E-state index contributed by atoms with van der Waals surface area (Å²) in [6.07, 6.45) is 0.0399. The Kier molecular flexibility index (Phi) is 8.37. The quantitative estimate of drug-likeness (QED) is 0.499. The largest absolute Gasteiger partial charge is 0.461 e. The van der Waals surface area contributed by atoms with Crippen molar-refractivity contribution in [3.63, 3.8) is 0 Å². The van der Waals surface area contributed by atoms with Gasteiger partial charge in [-0.3, -0.25) is 0 Å². The molecule has 1 fully saturated rings. The Bertz CT molecular complexity index is 275. The van der Waals surface area contributed by atoms with Crippen LogP contribution in [-0.2, 0) is 23.7 Å². The van der Waals surface area contributed by atoms with Gasteiger partial charge in [0.15, 0.2) is 0 Å². The molecule has 1 aliphatic heterocycles. The molecule has 0 bridgehead atoms. The van der Waals surface area contributed by atoms with Crippen molar-refractivity contribution < 1.29 is 23.7 Å². The van der Waals surface area contributed by atoms with Gasteiger partial charge in [-0.2, -0.15) is 0 Å². The van der Waals surface area contributed by atoms with Gasteiger partial charge < -0.3 is 18.9 Å². The van der Waals surface area contributed by atoms with E-state index in [9.17, 15) is 4.79 Å². The third-order valence-electron chi connectivity index (χ3n) is 2.28. The van der Waals surface area contributed by atoms with Crippen molar-refractivity contribution in [1.29, 1.82) is 0 Å². The highest BCUT2D eigenvalue weighted by atomic mass is 35.5. The first-order valence-electron chi connectivity index (χ1n) is 5.95. The van der Waals surface area contributed by atoms with Crippen molar-refractivity contribution in [2.24, 2.45) is 0 Å². The SMILES string of the molecule is O=C1OCCOCCOCCOCC(Cl)CC1(Cl)Cl. The van der Waals surface area contributed by atoms with Gasteiger partial charge >= 0.3 is 5.97 Å². The molecule has 1 aliphatic rings. The van der Waals surface area contributed by atoms with E-state index in [0.29, 0.717) is 26.4 Å². The molecule has 112 valence electrons. The minimum atomic E-state index is -1.67. The zero-order valence-corrected chi connectivity index (χ0v) is 12.7. The van der Waals surface area contributed by atoms with E-state index in [0.717, 1.165) is 0 Å². The third kappa shape index (κ3) is 7.54. The molecule has 1 unspecified atom stereocenters. The van der Waals surface area contributed by atoms with Crippen LogP contribution in [0.1, 0.15) is 6.42 Å². The highest BCUT2D eigenvalue weighted by molar-refractivity contribution is 6.57. The predicted molar refractivity (Wildman–Crippen MR) is 72.1 cm³/mol. The number of hydrogen-bond acceptors (Lipinski definition) is 5. The Balaban J connectivity index is 2.47. The Hall–Kier alpha value is 0.220. The number of rotatable bonds is 0. The molecule has 1 rings (SSSR count). The normalized spacial score (nSPS) is 27.9. The van der Waals surface area contributed by atoms with Crippen molar-refractivity contribution in [2.45, 2.75) is 16.1 Å². The predicted octanol–water partition coefficient (Wildman–Crippen LogP) is 1.76. The van der Waals surface area contributed by atoms with Crippen LogP contribution in [0.3, 0.4) is 0 Å². The van der Waals surface area contributed by atoms with Crippen LogP contribution in [-0.4, -0.2) is 61.9 Å². The fourth-order valence-corrected chi connectivity index (χ4v) is 2.33. The molecule has 0 N–H and O–H groups in total. The van der Waals surface area contributed by atoms with E-state index in [-0.39, 0.29) is 26.2 Å². The summed E-state index contributed by atoms with van der Waals surface area (Å²) in [4.78, 5) is 11.7. The third-order valence-corrected chi connectivity index (χ3v) is 3.18. The van der Waals surface area contributed by atoms with Gasteiger partial charge in [0, 0.05) is 6.42 Å². The molecule has 0 aromatic carbocycles. The molecule has 0 radical (unpaired) electrons. The summed E-state index contributed by atoms with van der Waals surface area (Å²) >= 11 is 17.8. The number of hydrogen-bond donors (Lipinski definition) is 0. The van der Waals surface area contributed by atoms with Gasteiger partial charge in [-0.1, -0.05) is 23.2 Å². The molecule has 0 spiro atoms. The summed E-state index contributed by atoms with van der Waals surface area (Å²) < 4.78 is 19.0. The van der Waals surface area contributed by atoms with E-state index in [1.54, 1.807) is 0 Å². The topological polar surface area (TPSA) is 54.0 Å². The standard InChI is InChI=1S/C11H17Cl3O5/c12-9-7-11(13,14)10(15)19-6-5-17-2-1-16-3-4-18-8-9/h9H,1-8H2. The molecule has 1 saturated heterocycles. The van der Waals surface area contributed by atoms with Crippen LogP contribution in [0.15, 0.2) is 0 Å². The maximum Gasteiger partial charge on any atom is 0.342 e. The number of esters is 1. The molecule has 5 nitrogen and oxygen atoms in total. The van der Waals surface area contributed by atoms with Crippen molar-refractivity contribution in [3.8, 4) is 0 Å². The lowest BCUT2D eigenvalue weighted by atomic mass is 10.2. The van der Waals surface area contributed by atoms with Gasteiger partial charge in [-0.05, 0) is 0 Å². The number of cyclic esters (lactones) is 1. The van der Waals surface area contributed by atoms with E-state index < -0.39 is 15.7 Å². The molecule has 1 heterocycles. The highest BCUT2D eigenvalue weighted by Crippen LogP contribution is 2.30. The van der Waals surface area contributed by atoms with Crippen molar-refractivity contribution >= 4 is 40.8 Å². The Morgan fingerprint density at radius 2 is 1.47 bits per heavy atom. The van der Waals surface area contributed by atoms with E-state index in [1.165, 1.54) is 0 Å². The van der Waals surface area contributed by atoms with Crippen LogP contribution in [0, 0.1) is 0 Å². The molecule has 0 saturated carbocycles. The van der Waals surface area contributed by atoms with Crippen LogP contribution in [0.5, 0.6) is 0 Å². The second-order valence-corrected chi connectivity index (χ2v) is 6.04. The zero-order valence-electron chi connectivity index (χ0n) is 10.4. The van der Waals surface area contributed by atoms with Crippen molar-refractivity contribution in [3.05, 3.63) is 0 Å². The summed E-state index contributed by atoms with van der Waals surface area (Å²) in [5.74, 6) is -0.726. The highest BCUT2D eigenvalue weighted by Gasteiger charge is 2.37. The minimum absolute atomic E-state index is 0.0399. The van der Waals surface area contributed by atoms with Crippen LogP contribution in [0.4, 0.5) is 0 Å². The monoisotopic (exact) mass is 334 g/mol. The lowest BCUT2D eigenvalue weighted by Gasteiger charge is -2.20. The molecular weight excluding hydrogens is 318 g/mol. The van der Waals surface area contributed by atoms with Crippen molar-refractivity contribution in [1.82, 2.24) is 0 Å². The first-order chi connectivity index (χ1) is 9.02. The number of ether oxygens (including phenoxy) is 4. The lowest BCUT2D eigenvalue weighted by molar-refractivity contribution is -0.146. The van der Waals surface area contributed by atoms with Crippen LogP contribution >= 0.6 is 34.8 Å². The maximum atomic E-state index is 11.7. The first-order valence-corrected chi connectivity index (χ1v) is 7.14. The van der Waals surface area contributed by atoms with E-state index in [2.05, 4.69) is 0 Å². The number of carbonyl (C=O) groups excluding carboxylic acids is 1. The number of alkyl halides is 3. The fraction of sp³-hybridized carbons (Fsp3) is 0.909. The Morgan fingerprint density at radius 3 is 2.11 bits per heavy atom. The summed E-state index contributed by atoms with van der Waals surface area (Å²) in [5, 5.41) is -0.482. The van der Waals surface area contributed by atoms with Gasteiger partial charge in [-0.25, -0.2) is 4.79 Å². The molecule has 0 amide bonds. The molecule has 8 heteroatoms. The Labute approximate surface area is 127 Å². The molecular formula is C11H17Cl3O5. The van der Waals surface area contributed by atoms with Crippen molar-refractivity contribution in [2.75, 3.05) is 46.2 Å². The molecule has 0 aromatic rings. The van der Waals surface area contributed by atoms with E-state index in [4.69, 9.17) is 53.8 Å². The summed E-state index contributed by atoms with van der Waals surface area (Å²) in [6.45, 7) is 2.32. The maximum absolute atomic E-state index is 11.7. The van der Waals surface area contributed by atoms with E-state index >= 15 is 0 Å². The van der Waals surface area contributed by atoms with Gasteiger partial charge in [0.25, 0.3) is 0 Å². The minimum Gasteiger partial charge on any atom is -0.461 e. The average molecular weight is 336 g/mol. The lowest BCUT2D eigenvalue weighted by Crippen LogP contribution is -2.33. The number of carbonyl (C=O) groups is 1. The second kappa shape index (κ2) is 9.21. The zero-order chi connectivity index (χ0) is 14.1. The van der Waals surface area contributed by atoms with Gasteiger partial charge in [-0.15, -0.1) is 11.6 Å². The summed E-state index contributed by atoms with van der Waals surface area (Å²) in [5.41, 5.74) is 0. The van der Waals surface area contributed by atoms with Gasteiger partial charge in [0.05, 0.1) is 45.0 Å². The summed E-state index contributed by atoms with van der Waals surface area (Å²) in [7, 11) is 0. The Morgan fingerprint density at radius 1 is 0.947 bits per heavy atom. The second-order valence-electron chi connectivity index (χ2n) is 3.94. The fourth-order valence-electron chi connectivity index (χ4n) is 1.37. The smallest absolute Gasteiger partial charge is 0.342 e. The number of halogens is 3. The van der Waals surface area contributed by atoms with Crippen LogP contribution in [0.2, 0.25) is 0 Å². The summed E-state index contributed by atoms with van der Waals surface area (Å²) in [6, 6.07) is 0. The van der Waals surface area contributed by atoms with Gasteiger partial charge in [0.2, 0.25) is 4.33 Å². The van der Waals surface area contributed by atoms with Crippen LogP contribution in [0.25, 0.3) is 0 Å². The molecule has 0 aliphatic carbocycles.